The Bertz CT molecular complexity index is 847. The molecular weight excluding hydrogens is 314 g/mol. The second-order valence-corrected chi connectivity index (χ2v) is 5.14. The number of hydrogen-bond acceptors (Lipinski definition) is 3. The van der Waals surface area contributed by atoms with Gasteiger partial charge in [-0.25, -0.2) is 13.8 Å². The maximum absolute atomic E-state index is 13.5. The average Bonchev–Trinajstić information content (AvgIpc) is 3.04. The van der Waals surface area contributed by atoms with Gasteiger partial charge in [0.15, 0.2) is 0 Å². The summed E-state index contributed by atoms with van der Waals surface area (Å²) >= 11 is 0. The molecule has 0 aliphatic rings. The van der Waals surface area contributed by atoms with Gasteiger partial charge in [0.05, 0.1) is 11.3 Å². The molecule has 0 radical (unpaired) electrons. The van der Waals surface area contributed by atoms with Crippen LogP contribution in [0.25, 0.3) is 11.5 Å². The summed E-state index contributed by atoms with van der Waals surface area (Å²) in [5, 5.41) is 2.57. The Balaban J connectivity index is 1.57. The van der Waals surface area contributed by atoms with Crippen LogP contribution in [0.1, 0.15) is 16.1 Å². The highest BCUT2D eigenvalue weighted by atomic mass is 19.1. The van der Waals surface area contributed by atoms with E-state index in [4.69, 9.17) is 4.42 Å². The molecule has 0 saturated heterocycles. The SMILES string of the molecule is O=C(NCCc1coc(-c2ccccc2)n1)c1ccc(F)cc1F. The van der Waals surface area contributed by atoms with E-state index in [2.05, 4.69) is 10.3 Å². The van der Waals surface area contributed by atoms with E-state index in [1.807, 2.05) is 30.3 Å². The van der Waals surface area contributed by atoms with Crippen LogP contribution in [0.15, 0.2) is 59.2 Å². The Morgan fingerprint density at radius 2 is 1.92 bits per heavy atom. The lowest BCUT2D eigenvalue weighted by Gasteiger charge is -2.05. The van der Waals surface area contributed by atoms with Gasteiger partial charge in [-0.1, -0.05) is 18.2 Å². The van der Waals surface area contributed by atoms with Crippen LogP contribution in [0.2, 0.25) is 0 Å². The normalized spacial score (nSPS) is 10.6. The van der Waals surface area contributed by atoms with Gasteiger partial charge in [0, 0.05) is 24.6 Å². The number of carbonyl (C=O) groups excluding carboxylic acids is 1. The fourth-order valence-corrected chi connectivity index (χ4v) is 2.21. The van der Waals surface area contributed by atoms with E-state index in [0.717, 1.165) is 17.7 Å². The van der Waals surface area contributed by atoms with Gasteiger partial charge < -0.3 is 9.73 Å². The van der Waals surface area contributed by atoms with E-state index in [1.54, 1.807) is 0 Å². The van der Waals surface area contributed by atoms with Crippen LogP contribution in [0.3, 0.4) is 0 Å². The molecule has 0 spiro atoms. The maximum Gasteiger partial charge on any atom is 0.254 e. The topological polar surface area (TPSA) is 55.1 Å². The number of halogens is 2. The van der Waals surface area contributed by atoms with E-state index < -0.39 is 17.5 Å². The second kappa shape index (κ2) is 7.04. The average molecular weight is 328 g/mol. The number of aromatic nitrogens is 1. The van der Waals surface area contributed by atoms with Gasteiger partial charge in [0.1, 0.15) is 17.9 Å². The minimum atomic E-state index is -0.889. The van der Waals surface area contributed by atoms with Crippen LogP contribution in [0.5, 0.6) is 0 Å². The minimum absolute atomic E-state index is 0.193. The van der Waals surface area contributed by atoms with Crippen molar-refractivity contribution in [2.45, 2.75) is 6.42 Å². The summed E-state index contributed by atoms with van der Waals surface area (Å²) in [6, 6.07) is 12.3. The van der Waals surface area contributed by atoms with Crippen LogP contribution in [0.4, 0.5) is 8.78 Å². The van der Waals surface area contributed by atoms with Crippen molar-refractivity contribution in [1.29, 1.82) is 0 Å². The predicted molar refractivity (Wildman–Crippen MR) is 84.3 cm³/mol. The molecule has 0 fully saturated rings. The lowest BCUT2D eigenvalue weighted by molar-refractivity contribution is 0.0950. The molecule has 0 aliphatic carbocycles. The fourth-order valence-electron chi connectivity index (χ4n) is 2.21. The number of hydrogen-bond donors (Lipinski definition) is 1. The number of nitrogens with one attached hydrogen (secondary N) is 1. The Morgan fingerprint density at radius 3 is 2.67 bits per heavy atom. The molecule has 0 atom stereocenters. The molecule has 3 rings (SSSR count). The minimum Gasteiger partial charge on any atom is -0.444 e. The van der Waals surface area contributed by atoms with Crippen LogP contribution in [-0.4, -0.2) is 17.4 Å². The van der Waals surface area contributed by atoms with Crippen molar-refractivity contribution < 1.29 is 18.0 Å². The molecule has 122 valence electrons. The molecule has 4 nitrogen and oxygen atoms in total. The molecule has 0 bridgehead atoms. The third-order valence-electron chi connectivity index (χ3n) is 3.41. The van der Waals surface area contributed by atoms with Crippen LogP contribution >= 0.6 is 0 Å². The zero-order valence-corrected chi connectivity index (χ0v) is 12.6. The predicted octanol–water partition coefficient (Wildman–Crippen LogP) is 3.59. The molecule has 0 unspecified atom stereocenters. The first-order chi connectivity index (χ1) is 11.6. The van der Waals surface area contributed by atoms with Crippen molar-refractivity contribution in [1.82, 2.24) is 10.3 Å². The number of nitrogens with zero attached hydrogens (tertiary/aromatic N) is 1. The molecule has 0 saturated carbocycles. The molecular formula is C18H14F2N2O2. The van der Waals surface area contributed by atoms with Gasteiger partial charge in [-0.15, -0.1) is 0 Å². The summed E-state index contributed by atoms with van der Waals surface area (Å²) in [5.41, 5.74) is 1.34. The number of rotatable bonds is 5. The smallest absolute Gasteiger partial charge is 0.254 e. The molecule has 1 aromatic heterocycles. The zero-order valence-electron chi connectivity index (χ0n) is 12.6. The fraction of sp³-hybridized carbons (Fsp3) is 0.111. The van der Waals surface area contributed by atoms with Gasteiger partial charge >= 0.3 is 0 Å². The summed E-state index contributed by atoms with van der Waals surface area (Å²) in [7, 11) is 0. The lowest BCUT2D eigenvalue weighted by Crippen LogP contribution is -2.26. The van der Waals surface area contributed by atoms with Crippen molar-refractivity contribution in [3.63, 3.8) is 0 Å². The monoisotopic (exact) mass is 328 g/mol. The van der Waals surface area contributed by atoms with Gasteiger partial charge in [-0.2, -0.15) is 0 Å². The van der Waals surface area contributed by atoms with E-state index in [0.29, 0.717) is 24.1 Å². The van der Waals surface area contributed by atoms with Crippen molar-refractivity contribution in [3.05, 3.63) is 77.7 Å². The Labute approximate surface area is 137 Å². The Hall–Kier alpha value is -3.02. The Kier molecular flexibility index (Phi) is 4.65. The third-order valence-corrected chi connectivity index (χ3v) is 3.41. The number of oxazole rings is 1. The molecule has 1 amide bonds. The van der Waals surface area contributed by atoms with Gasteiger partial charge in [-0.3, -0.25) is 4.79 Å². The molecule has 1 N–H and O–H groups in total. The van der Waals surface area contributed by atoms with E-state index in [-0.39, 0.29) is 12.1 Å². The highest BCUT2D eigenvalue weighted by Gasteiger charge is 2.12. The largest absolute Gasteiger partial charge is 0.444 e. The summed E-state index contributed by atoms with van der Waals surface area (Å²) in [5.74, 6) is -1.71. The molecule has 6 heteroatoms. The van der Waals surface area contributed by atoms with Gasteiger partial charge in [-0.05, 0) is 24.3 Å². The van der Waals surface area contributed by atoms with Crippen LogP contribution in [-0.2, 0) is 6.42 Å². The highest BCUT2D eigenvalue weighted by Crippen LogP contribution is 2.18. The number of carbonyl (C=O) groups is 1. The summed E-state index contributed by atoms with van der Waals surface area (Å²) < 4.78 is 31.7. The van der Waals surface area contributed by atoms with Gasteiger partial charge in [0.25, 0.3) is 5.91 Å². The van der Waals surface area contributed by atoms with Crippen LogP contribution in [0, 0.1) is 11.6 Å². The van der Waals surface area contributed by atoms with E-state index >= 15 is 0 Å². The van der Waals surface area contributed by atoms with Crippen molar-refractivity contribution in [2.75, 3.05) is 6.54 Å². The lowest BCUT2D eigenvalue weighted by atomic mass is 10.2. The summed E-state index contributed by atoms with van der Waals surface area (Å²) in [6.07, 6.45) is 1.96. The molecule has 3 aromatic rings. The Morgan fingerprint density at radius 1 is 1.12 bits per heavy atom. The second-order valence-electron chi connectivity index (χ2n) is 5.14. The maximum atomic E-state index is 13.5. The van der Waals surface area contributed by atoms with Gasteiger partial charge in [0.2, 0.25) is 5.89 Å². The van der Waals surface area contributed by atoms with Crippen molar-refractivity contribution in [3.8, 4) is 11.5 Å². The van der Waals surface area contributed by atoms with Crippen LogP contribution < -0.4 is 5.32 Å². The molecule has 0 aliphatic heterocycles. The third kappa shape index (κ3) is 3.65. The van der Waals surface area contributed by atoms with Crippen molar-refractivity contribution >= 4 is 5.91 Å². The van der Waals surface area contributed by atoms with E-state index in [9.17, 15) is 13.6 Å². The van der Waals surface area contributed by atoms with Crippen molar-refractivity contribution in [2.24, 2.45) is 0 Å². The zero-order chi connectivity index (χ0) is 16.9. The molecule has 1 heterocycles. The summed E-state index contributed by atoms with van der Waals surface area (Å²) in [6.45, 7) is 0.260. The first kappa shape index (κ1) is 15.9. The summed E-state index contributed by atoms with van der Waals surface area (Å²) in [4.78, 5) is 16.2. The highest BCUT2D eigenvalue weighted by molar-refractivity contribution is 5.94. The standard InChI is InChI=1S/C18H14F2N2O2/c19-13-6-7-15(16(20)10-13)17(23)21-9-8-14-11-24-18(22-14)12-4-2-1-3-5-12/h1-7,10-11H,8-9H2,(H,21,23). The van der Waals surface area contributed by atoms with E-state index in [1.165, 1.54) is 6.26 Å². The number of amides is 1. The number of benzene rings is 2. The molecule has 24 heavy (non-hydrogen) atoms. The quantitative estimate of drug-likeness (QED) is 0.779. The molecule has 2 aromatic carbocycles. The first-order valence-electron chi connectivity index (χ1n) is 7.36. The first-order valence-corrected chi connectivity index (χ1v) is 7.36.